The second-order valence-corrected chi connectivity index (χ2v) is 7.31. The van der Waals surface area contributed by atoms with Crippen LogP contribution in [-0.2, 0) is 0 Å². The first-order valence-electron chi connectivity index (χ1n) is 9.82. The van der Waals surface area contributed by atoms with Crippen molar-refractivity contribution in [2.45, 2.75) is 12.8 Å². The normalized spacial score (nSPS) is 13.6. The Hall–Kier alpha value is -3.33. The molecule has 2 nitrogen and oxygen atoms in total. The van der Waals surface area contributed by atoms with Gasteiger partial charge in [0.1, 0.15) is 13.7 Å². The van der Waals surface area contributed by atoms with E-state index < -0.39 is 0 Å². The Labute approximate surface area is 166 Å². The Morgan fingerprint density at radius 1 is 0.750 bits per heavy atom. The lowest BCUT2D eigenvalue weighted by Crippen LogP contribution is -2.00. The number of nitrogens with zero attached hydrogens (tertiary/aromatic N) is 2. The Morgan fingerprint density at radius 2 is 1.43 bits per heavy atom. The molecule has 0 aliphatic heterocycles. The highest BCUT2D eigenvalue weighted by molar-refractivity contribution is 6.32. The van der Waals surface area contributed by atoms with E-state index in [0.717, 1.165) is 35.3 Å². The fourth-order valence-corrected chi connectivity index (χ4v) is 3.80. The lowest BCUT2D eigenvalue weighted by atomic mass is 9.93. The average molecular weight is 360 g/mol. The molecule has 0 bridgehead atoms. The van der Waals surface area contributed by atoms with Crippen LogP contribution in [0.25, 0.3) is 39.2 Å². The molecule has 0 fully saturated rings. The van der Waals surface area contributed by atoms with E-state index in [1.165, 1.54) is 22.3 Å². The number of fused-ring (bicyclic) bond motifs is 1. The summed E-state index contributed by atoms with van der Waals surface area (Å²) in [4.78, 5) is 4.96. The van der Waals surface area contributed by atoms with Gasteiger partial charge in [-0.15, -0.1) is 0 Å². The molecule has 1 heterocycles. The molecule has 0 saturated heterocycles. The topological polar surface area (TPSA) is 17.8 Å². The molecule has 1 aromatic heterocycles. The minimum absolute atomic E-state index is 0.995. The molecule has 3 aromatic carbocycles. The van der Waals surface area contributed by atoms with Crippen LogP contribution in [0.4, 0.5) is 0 Å². The molecule has 0 unspecified atom stereocenters. The van der Waals surface area contributed by atoms with Crippen LogP contribution in [0, 0.1) is 0 Å². The molecule has 0 atom stereocenters. The van der Waals surface area contributed by atoms with E-state index >= 15 is 0 Å². The molecule has 1 aliphatic rings. The number of aromatic nitrogens is 2. The largest absolute Gasteiger partial charge is 0.293 e. The maximum absolute atomic E-state index is 4.96. The Kier molecular flexibility index (Phi) is 4.21. The standard InChI is InChI=1S/C25H21BN2/c26-21-16-14-19(15-17-21)18-10-12-20(13-11-18)25-27-23-8-4-5-9-24(23)28(25)22-6-2-1-3-7-22/h2,4-17H,1,3,26H2. The van der Waals surface area contributed by atoms with E-state index in [0.29, 0.717) is 0 Å². The summed E-state index contributed by atoms with van der Waals surface area (Å²) in [5.41, 5.74) is 8.26. The predicted octanol–water partition coefficient (Wildman–Crippen LogP) is 4.82. The molecule has 0 spiro atoms. The zero-order valence-corrected chi connectivity index (χ0v) is 16.0. The van der Waals surface area contributed by atoms with Crippen LogP contribution in [-0.4, -0.2) is 17.4 Å². The van der Waals surface area contributed by atoms with E-state index in [1.807, 2.05) is 0 Å². The number of hydrogen-bond donors (Lipinski definition) is 0. The maximum Gasteiger partial charge on any atom is 0.145 e. The van der Waals surface area contributed by atoms with Crippen molar-refractivity contribution in [1.82, 2.24) is 9.55 Å². The van der Waals surface area contributed by atoms with Crippen LogP contribution in [0.3, 0.4) is 0 Å². The molecule has 0 radical (unpaired) electrons. The zero-order chi connectivity index (χ0) is 18.9. The summed E-state index contributed by atoms with van der Waals surface area (Å²) in [5.74, 6) is 0.995. The number of imidazole rings is 1. The van der Waals surface area contributed by atoms with Gasteiger partial charge in [-0.1, -0.05) is 78.3 Å². The van der Waals surface area contributed by atoms with Crippen molar-refractivity contribution in [1.29, 1.82) is 0 Å². The van der Waals surface area contributed by atoms with Gasteiger partial charge in [0.05, 0.1) is 11.0 Å². The number of rotatable bonds is 3. The van der Waals surface area contributed by atoms with Gasteiger partial charge in [0.15, 0.2) is 0 Å². The van der Waals surface area contributed by atoms with Gasteiger partial charge in [0.2, 0.25) is 0 Å². The first-order chi connectivity index (χ1) is 13.8. The smallest absolute Gasteiger partial charge is 0.145 e. The average Bonchev–Trinajstić information content (AvgIpc) is 3.15. The van der Waals surface area contributed by atoms with Gasteiger partial charge in [-0.25, -0.2) is 4.98 Å². The van der Waals surface area contributed by atoms with E-state index in [9.17, 15) is 0 Å². The fraction of sp³-hybridized carbons (Fsp3) is 0.0800. The van der Waals surface area contributed by atoms with Gasteiger partial charge in [-0.3, -0.25) is 4.57 Å². The summed E-state index contributed by atoms with van der Waals surface area (Å²) in [7, 11) is 2.12. The van der Waals surface area contributed by atoms with Gasteiger partial charge in [0.25, 0.3) is 0 Å². The van der Waals surface area contributed by atoms with Crippen molar-refractivity contribution >= 4 is 30.0 Å². The molecule has 1 aliphatic carbocycles. The second kappa shape index (κ2) is 7.01. The third-order valence-electron chi connectivity index (χ3n) is 5.32. The van der Waals surface area contributed by atoms with Crippen molar-refractivity contribution in [3.63, 3.8) is 0 Å². The Morgan fingerprint density at radius 3 is 2.14 bits per heavy atom. The SMILES string of the molecule is Bc1ccc(-c2ccc(-c3nc4ccccc4n3C3=CCCC=C3)cc2)cc1. The Bertz CT molecular complexity index is 1200. The van der Waals surface area contributed by atoms with Gasteiger partial charge >= 0.3 is 0 Å². The summed E-state index contributed by atoms with van der Waals surface area (Å²) >= 11 is 0. The second-order valence-electron chi connectivity index (χ2n) is 7.31. The van der Waals surface area contributed by atoms with Gasteiger partial charge < -0.3 is 0 Å². The molecule has 28 heavy (non-hydrogen) atoms. The maximum atomic E-state index is 4.96. The first-order valence-corrected chi connectivity index (χ1v) is 9.82. The highest BCUT2D eigenvalue weighted by Crippen LogP contribution is 2.31. The van der Waals surface area contributed by atoms with Crippen LogP contribution in [0.1, 0.15) is 12.8 Å². The van der Waals surface area contributed by atoms with E-state index in [-0.39, 0.29) is 0 Å². The van der Waals surface area contributed by atoms with E-state index in [2.05, 4.69) is 103 Å². The fourth-order valence-electron chi connectivity index (χ4n) is 3.80. The predicted molar refractivity (Wildman–Crippen MR) is 121 cm³/mol. The van der Waals surface area contributed by atoms with Crippen LogP contribution < -0.4 is 5.46 Å². The van der Waals surface area contributed by atoms with Crippen molar-refractivity contribution in [2.24, 2.45) is 0 Å². The third-order valence-corrected chi connectivity index (χ3v) is 5.32. The number of para-hydroxylation sites is 2. The summed E-state index contributed by atoms with van der Waals surface area (Å²) in [6.45, 7) is 0. The van der Waals surface area contributed by atoms with Gasteiger partial charge in [-0.05, 0) is 42.2 Å². The summed E-state index contributed by atoms with van der Waals surface area (Å²) in [5, 5.41) is 0. The van der Waals surface area contributed by atoms with Crippen molar-refractivity contribution in [3.05, 3.63) is 91.0 Å². The molecule has 3 heteroatoms. The van der Waals surface area contributed by atoms with E-state index in [4.69, 9.17) is 4.98 Å². The monoisotopic (exact) mass is 360 g/mol. The minimum Gasteiger partial charge on any atom is -0.293 e. The first kappa shape index (κ1) is 16.8. The quantitative estimate of drug-likeness (QED) is 0.479. The lowest BCUT2D eigenvalue weighted by molar-refractivity contribution is 1.01. The molecular formula is C25H21BN2. The van der Waals surface area contributed by atoms with Crippen LogP contribution >= 0.6 is 0 Å². The molecule has 4 aromatic rings. The molecule has 0 saturated carbocycles. The van der Waals surface area contributed by atoms with Crippen LogP contribution in [0.15, 0.2) is 91.0 Å². The summed E-state index contributed by atoms with van der Waals surface area (Å²) in [6, 6.07) is 25.8. The molecule has 134 valence electrons. The minimum atomic E-state index is 0.995. The zero-order valence-electron chi connectivity index (χ0n) is 16.0. The van der Waals surface area contributed by atoms with Crippen LogP contribution in [0.5, 0.6) is 0 Å². The number of hydrogen-bond acceptors (Lipinski definition) is 1. The van der Waals surface area contributed by atoms with Crippen molar-refractivity contribution < 1.29 is 0 Å². The van der Waals surface area contributed by atoms with Crippen molar-refractivity contribution in [2.75, 3.05) is 0 Å². The number of benzene rings is 3. The molecule has 0 N–H and O–H groups in total. The Balaban J connectivity index is 1.62. The lowest BCUT2D eigenvalue weighted by Gasteiger charge is -2.13. The summed E-state index contributed by atoms with van der Waals surface area (Å²) in [6.07, 6.45) is 8.94. The van der Waals surface area contributed by atoms with E-state index in [1.54, 1.807) is 0 Å². The molecular weight excluding hydrogens is 339 g/mol. The number of allylic oxidation sites excluding steroid dienone is 4. The van der Waals surface area contributed by atoms with Crippen molar-refractivity contribution in [3.8, 4) is 22.5 Å². The highest BCUT2D eigenvalue weighted by atomic mass is 15.1. The highest BCUT2D eigenvalue weighted by Gasteiger charge is 2.15. The molecule has 5 rings (SSSR count). The van der Waals surface area contributed by atoms with Gasteiger partial charge in [-0.2, -0.15) is 0 Å². The third kappa shape index (κ3) is 2.99. The molecule has 0 amide bonds. The summed E-state index contributed by atoms with van der Waals surface area (Å²) < 4.78 is 2.28. The van der Waals surface area contributed by atoms with Gasteiger partial charge in [0, 0.05) is 11.3 Å². The van der Waals surface area contributed by atoms with Crippen LogP contribution in [0.2, 0.25) is 0 Å².